The van der Waals surface area contributed by atoms with Gasteiger partial charge in [0, 0.05) is 18.8 Å². The van der Waals surface area contributed by atoms with Crippen LogP contribution in [-0.4, -0.2) is 23.5 Å². The summed E-state index contributed by atoms with van der Waals surface area (Å²) < 4.78 is 0. The number of hydrogen-bond acceptors (Lipinski definition) is 3. The van der Waals surface area contributed by atoms with Crippen LogP contribution in [0, 0.1) is 5.92 Å². The van der Waals surface area contributed by atoms with Gasteiger partial charge in [-0.25, -0.2) is 4.98 Å². The van der Waals surface area contributed by atoms with E-state index in [-0.39, 0.29) is 11.9 Å². The zero-order valence-corrected chi connectivity index (χ0v) is 12.8. The van der Waals surface area contributed by atoms with Crippen LogP contribution in [0.5, 0.6) is 0 Å². The Morgan fingerprint density at radius 2 is 2.25 bits per heavy atom. The van der Waals surface area contributed by atoms with Gasteiger partial charge in [0.25, 0.3) is 5.91 Å². The summed E-state index contributed by atoms with van der Waals surface area (Å²) in [7, 11) is 0. The third kappa shape index (κ3) is 4.10. The van der Waals surface area contributed by atoms with Gasteiger partial charge < -0.3 is 10.6 Å². The minimum absolute atomic E-state index is 0.0880. The smallest absolute Gasteiger partial charge is 0.253 e. The zero-order valence-electron chi connectivity index (χ0n) is 12.1. The molecular weight excluding hydrogens is 274 g/mol. The van der Waals surface area contributed by atoms with Crippen molar-refractivity contribution in [2.75, 3.05) is 11.9 Å². The van der Waals surface area contributed by atoms with Crippen molar-refractivity contribution in [1.29, 1.82) is 0 Å². The van der Waals surface area contributed by atoms with E-state index < -0.39 is 0 Å². The first kappa shape index (κ1) is 15.1. The number of pyridine rings is 1. The molecule has 0 aliphatic heterocycles. The summed E-state index contributed by atoms with van der Waals surface area (Å²) >= 11 is 6.11. The monoisotopic (exact) mass is 295 g/mol. The van der Waals surface area contributed by atoms with Crippen LogP contribution in [-0.2, 0) is 0 Å². The lowest BCUT2D eigenvalue weighted by molar-refractivity contribution is 0.0932. The molecule has 5 heteroatoms. The number of carbonyl (C=O) groups excluding carboxylic acids is 1. The fourth-order valence-corrected chi connectivity index (χ4v) is 2.45. The fourth-order valence-electron chi connectivity index (χ4n) is 2.21. The zero-order chi connectivity index (χ0) is 14.5. The normalized spacial score (nSPS) is 15.8. The van der Waals surface area contributed by atoms with Crippen molar-refractivity contribution in [1.82, 2.24) is 10.3 Å². The minimum atomic E-state index is -0.0880. The van der Waals surface area contributed by atoms with Gasteiger partial charge in [-0.05, 0) is 31.7 Å². The maximum Gasteiger partial charge on any atom is 0.253 e. The van der Waals surface area contributed by atoms with Crippen LogP contribution < -0.4 is 10.6 Å². The number of rotatable bonds is 7. The van der Waals surface area contributed by atoms with Gasteiger partial charge in [0.05, 0.1) is 10.6 Å². The molecule has 0 aromatic carbocycles. The van der Waals surface area contributed by atoms with Gasteiger partial charge in [0.2, 0.25) is 0 Å². The Kier molecular flexibility index (Phi) is 5.24. The number of halogens is 1. The molecule has 1 aromatic heterocycles. The third-order valence-electron chi connectivity index (χ3n) is 3.59. The van der Waals surface area contributed by atoms with Crippen LogP contribution >= 0.6 is 11.6 Å². The van der Waals surface area contributed by atoms with E-state index in [1.165, 1.54) is 12.8 Å². The first-order chi connectivity index (χ1) is 9.63. The Hall–Kier alpha value is -1.29. The lowest BCUT2D eigenvalue weighted by Gasteiger charge is -2.17. The van der Waals surface area contributed by atoms with Crippen LogP contribution in [0.2, 0.25) is 5.02 Å². The van der Waals surface area contributed by atoms with Crippen molar-refractivity contribution in [3.05, 3.63) is 22.8 Å². The van der Waals surface area contributed by atoms with Crippen molar-refractivity contribution in [2.45, 2.75) is 45.6 Å². The van der Waals surface area contributed by atoms with Crippen LogP contribution in [0.4, 0.5) is 5.82 Å². The van der Waals surface area contributed by atoms with E-state index in [0.717, 1.165) is 25.3 Å². The van der Waals surface area contributed by atoms with Crippen LogP contribution in [0.3, 0.4) is 0 Å². The second-order valence-corrected chi connectivity index (χ2v) is 5.75. The number of aromatic nitrogens is 1. The third-order valence-corrected chi connectivity index (χ3v) is 3.88. The highest BCUT2D eigenvalue weighted by Gasteiger charge is 2.25. The van der Waals surface area contributed by atoms with Gasteiger partial charge in [-0.1, -0.05) is 31.4 Å². The predicted octanol–water partition coefficient (Wildman–Crippen LogP) is 3.48. The maximum atomic E-state index is 12.2. The number of amides is 1. The summed E-state index contributed by atoms with van der Waals surface area (Å²) in [5.41, 5.74) is 0.519. The second kappa shape index (κ2) is 6.93. The molecule has 0 spiro atoms. The summed E-state index contributed by atoms with van der Waals surface area (Å²) in [5, 5.41) is 6.61. The Bertz CT molecular complexity index is 474. The summed E-state index contributed by atoms with van der Waals surface area (Å²) in [4.78, 5) is 16.4. The van der Waals surface area contributed by atoms with E-state index >= 15 is 0 Å². The molecule has 1 aliphatic rings. The molecule has 2 N–H and O–H groups in total. The summed E-state index contributed by atoms with van der Waals surface area (Å²) in [6, 6.07) is 1.92. The molecule has 1 aromatic rings. The molecule has 110 valence electrons. The minimum Gasteiger partial charge on any atom is -0.369 e. The largest absolute Gasteiger partial charge is 0.369 e. The second-order valence-electron chi connectivity index (χ2n) is 5.34. The molecule has 1 unspecified atom stereocenters. The Morgan fingerprint density at radius 1 is 1.50 bits per heavy atom. The summed E-state index contributed by atoms with van der Waals surface area (Å²) in [6.45, 7) is 4.83. The van der Waals surface area contributed by atoms with Crippen molar-refractivity contribution < 1.29 is 4.79 Å². The number of anilines is 1. The molecule has 0 radical (unpaired) electrons. The lowest BCUT2D eigenvalue weighted by Crippen LogP contribution is -2.34. The molecule has 1 saturated carbocycles. The van der Waals surface area contributed by atoms with Crippen molar-refractivity contribution in [3.8, 4) is 0 Å². The van der Waals surface area contributed by atoms with E-state index in [4.69, 9.17) is 11.6 Å². The van der Waals surface area contributed by atoms with Crippen LogP contribution in [0.25, 0.3) is 0 Å². The van der Waals surface area contributed by atoms with E-state index in [0.29, 0.717) is 16.4 Å². The molecule has 0 saturated heterocycles. The van der Waals surface area contributed by atoms with Crippen molar-refractivity contribution in [2.24, 2.45) is 5.92 Å². The summed E-state index contributed by atoms with van der Waals surface area (Å²) in [5.74, 6) is 1.34. The van der Waals surface area contributed by atoms with Gasteiger partial charge in [0.15, 0.2) is 0 Å². The first-order valence-corrected chi connectivity index (χ1v) is 7.72. The molecule has 1 aliphatic carbocycles. The maximum absolute atomic E-state index is 12.2. The van der Waals surface area contributed by atoms with E-state index in [1.807, 2.05) is 6.92 Å². The first-order valence-electron chi connectivity index (χ1n) is 7.34. The van der Waals surface area contributed by atoms with E-state index in [1.54, 1.807) is 12.3 Å². The Balaban J connectivity index is 1.98. The Labute approximate surface area is 125 Å². The van der Waals surface area contributed by atoms with Gasteiger partial charge >= 0.3 is 0 Å². The van der Waals surface area contributed by atoms with Crippen LogP contribution in [0.1, 0.15) is 49.9 Å². The fraction of sp³-hybridized carbons (Fsp3) is 0.600. The topological polar surface area (TPSA) is 54.0 Å². The van der Waals surface area contributed by atoms with E-state index in [9.17, 15) is 4.79 Å². The molecule has 20 heavy (non-hydrogen) atoms. The standard InChI is InChI=1S/C15H22ClN3O/c1-3-12(7-10-5-6-10)19-15(20)11-8-13(16)14(17-4-2)18-9-11/h8-10,12H,3-7H2,1-2H3,(H,17,18)(H,19,20). The number of nitrogens with one attached hydrogen (secondary N) is 2. The number of hydrogen-bond donors (Lipinski definition) is 2. The highest BCUT2D eigenvalue weighted by Crippen LogP contribution is 2.34. The quantitative estimate of drug-likeness (QED) is 0.810. The predicted molar refractivity (Wildman–Crippen MR) is 82.3 cm³/mol. The van der Waals surface area contributed by atoms with Crippen molar-refractivity contribution in [3.63, 3.8) is 0 Å². The van der Waals surface area contributed by atoms with Crippen LogP contribution in [0.15, 0.2) is 12.3 Å². The van der Waals surface area contributed by atoms with E-state index in [2.05, 4.69) is 22.5 Å². The molecule has 0 bridgehead atoms. The molecular formula is C15H22ClN3O. The lowest BCUT2D eigenvalue weighted by atomic mass is 10.1. The van der Waals surface area contributed by atoms with Gasteiger partial charge in [-0.15, -0.1) is 0 Å². The molecule has 1 heterocycles. The van der Waals surface area contributed by atoms with Crippen molar-refractivity contribution >= 4 is 23.3 Å². The molecule has 2 rings (SSSR count). The SMILES string of the molecule is CCNc1ncc(C(=O)NC(CC)CC2CC2)cc1Cl. The number of carbonyl (C=O) groups is 1. The number of nitrogens with zero attached hydrogens (tertiary/aromatic N) is 1. The van der Waals surface area contributed by atoms with Gasteiger partial charge in [0.1, 0.15) is 5.82 Å². The molecule has 1 amide bonds. The highest BCUT2D eigenvalue weighted by atomic mass is 35.5. The average molecular weight is 296 g/mol. The molecule has 4 nitrogen and oxygen atoms in total. The average Bonchev–Trinajstić information content (AvgIpc) is 3.24. The summed E-state index contributed by atoms with van der Waals surface area (Å²) in [6.07, 6.45) is 6.22. The highest BCUT2D eigenvalue weighted by molar-refractivity contribution is 6.33. The molecule has 1 fully saturated rings. The molecule has 1 atom stereocenters. The van der Waals surface area contributed by atoms with Gasteiger partial charge in [-0.2, -0.15) is 0 Å². The van der Waals surface area contributed by atoms with Gasteiger partial charge in [-0.3, -0.25) is 4.79 Å². The Morgan fingerprint density at radius 3 is 2.80 bits per heavy atom.